The highest BCUT2D eigenvalue weighted by molar-refractivity contribution is 5.94. The molecule has 0 saturated heterocycles. The van der Waals surface area contributed by atoms with Crippen LogP contribution in [0.15, 0.2) is 53.7 Å². The first-order valence-electron chi connectivity index (χ1n) is 11.1. The van der Waals surface area contributed by atoms with Gasteiger partial charge in [-0.05, 0) is 50.6 Å². The van der Waals surface area contributed by atoms with E-state index in [9.17, 15) is 4.79 Å². The highest BCUT2D eigenvalue weighted by atomic mass is 16.6. The summed E-state index contributed by atoms with van der Waals surface area (Å²) in [5.74, 6) is 1.56. The standard InChI is InChI=1S/C25H29N3O5/c1-5-31-20-12-11-17(15-21(20)32-6-2)23-22(24(29)33-14-13-30-4)16(3)26-25-27-18-9-7-8-10-19(18)28(23)25/h7-12,15,23H,5-6,13-14H2,1-4H3,(H,26,27). The Balaban J connectivity index is 1.87. The second-order valence-corrected chi connectivity index (χ2v) is 7.56. The summed E-state index contributed by atoms with van der Waals surface area (Å²) < 4.78 is 24.2. The minimum absolute atomic E-state index is 0.170. The molecule has 3 aromatic rings. The molecule has 1 unspecified atom stereocenters. The summed E-state index contributed by atoms with van der Waals surface area (Å²) in [5, 5.41) is 3.29. The smallest absolute Gasteiger partial charge is 0.338 e. The quantitative estimate of drug-likeness (QED) is 0.383. The predicted molar refractivity (Wildman–Crippen MR) is 126 cm³/mol. The number of allylic oxidation sites excluding steroid dienone is 1. The van der Waals surface area contributed by atoms with Crippen molar-refractivity contribution < 1.29 is 23.7 Å². The minimum atomic E-state index is -0.460. The Bertz CT molecular complexity index is 1180. The average molecular weight is 452 g/mol. The number of carbonyl (C=O) groups excluding carboxylic acids is 1. The number of anilines is 1. The van der Waals surface area contributed by atoms with Crippen LogP contribution in [0.1, 0.15) is 32.4 Å². The number of benzene rings is 2. The largest absolute Gasteiger partial charge is 0.490 e. The van der Waals surface area contributed by atoms with E-state index in [0.29, 0.717) is 48.5 Å². The van der Waals surface area contributed by atoms with Crippen molar-refractivity contribution in [2.75, 3.05) is 38.9 Å². The summed E-state index contributed by atoms with van der Waals surface area (Å²) in [6.07, 6.45) is 0. The molecule has 4 rings (SSSR count). The number of nitrogens with zero attached hydrogens (tertiary/aromatic N) is 2. The van der Waals surface area contributed by atoms with Crippen LogP contribution < -0.4 is 14.8 Å². The van der Waals surface area contributed by atoms with Crippen molar-refractivity contribution in [3.8, 4) is 11.5 Å². The molecule has 0 radical (unpaired) electrons. The molecule has 1 atom stereocenters. The highest BCUT2D eigenvalue weighted by Gasteiger charge is 2.35. The summed E-state index contributed by atoms with van der Waals surface area (Å²) in [5.41, 5.74) is 3.81. The molecule has 0 bridgehead atoms. The summed E-state index contributed by atoms with van der Waals surface area (Å²) in [6, 6.07) is 13.2. The number of hydrogen-bond acceptors (Lipinski definition) is 7. The molecule has 0 aliphatic carbocycles. The van der Waals surface area contributed by atoms with Crippen LogP contribution in [0.5, 0.6) is 11.5 Å². The maximum atomic E-state index is 13.2. The van der Waals surface area contributed by atoms with Gasteiger partial charge < -0.3 is 24.3 Å². The molecule has 0 saturated carbocycles. The molecule has 0 spiro atoms. The fourth-order valence-corrected chi connectivity index (χ4v) is 4.08. The zero-order valence-corrected chi connectivity index (χ0v) is 19.4. The third-order valence-corrected chi connectivity index (χ3v) is 5.45. The maximum Gasteiger partial charge on any atom is 0.338 e. The fourth-order valence-electron chi connectivity index (χ4n) is 4.08. The van der Waals surface area contributed by atoms with Gasteiger partial charge in [-0.3, -0.25) is 4.57 Å². The molecular weight excluding hydrogens is 422 g/mol. The number of imidazole rings is 1. The zero-order chi connectivity index (χ0) is 23.4. The Labute approximate surface area is 193 Å². The fraction of sp³-hybridized carbons (Fsp3) is 0.360. The number of fused-ring (bicyclic) bond motifs is 3. The Morgan fingerprint density at radius 1 is 1.06 bits per heavy atom. The van der Waals surface area contributed by atoms with Gasteiger partial charge in [0.15, 0.2) is 11.5 Å². The van der Waals surface area contributed by atoms with E-state index < -0.39 is 12.0 Å². The van der Waals surface area contributed by atoms with Gasteiger partial charge in [0, 0.05) is 12.8 Å². The molecule has 8 nitrogen and oxygen atoms in total. The number of nitrogens with one attached hydrogen (secondary N) is 1. The van der Waals surface area contributed by atoms with Gasteiger partial charge in [-0.15, -0.1) is 0 Å². The number of aromatic nitrogens is 2. The number of ether oxygens (including phenoxy) is 4. The topological polar surface area (TPSA) is 83.8 Å². The number of esters is 1. The van der Waals surface area contributed by atoms with Gasteiger partial charge in [0.25, 0.3) is 0 Å². The normalized spacial score (nSPS) is 15.2. The second-order valence-electron chi connectivity index (χ2n) is 7.56. The molecule has 0 fully saturated rings. The molecule has 1 aliphatic rings. The Kier molecular flexibility index (Phi) is 6.84. The van der Waals surface area contributed by atoms with Gasteiger partial charge >= 0.3 is 5.97 Å². The Hall–Kier alpha value is -3.52. The number of rotatable bonds is 9. The highest BCUT2D eigenvalue weighted by Crippen LogP contribution is 2.42. The molecule has 1 aliphatic heterocycles. The molecule has 2 heterocycles. The lowest BCUT2D eigenvalue weighted by Crippen LogP contribution is -2.29. The molecule has 1 N–H and O–H groups in total. The van der Waals surface area contributed by atoms with Crippen molar-refractivity contribution in [3.05, 3.63) is 59.3 Å². The molecule has 1 aromatic heterocycles. The van der Waals surface area contributed by atoms with Gasteiger partial charge in [0.2, 0.25) is 5.95 Å². The van der Waals surface area contributed by atoms with E-state index in [0.717, 1.165) is 16.6 Å². The Morgan fingerprint density at radius 3 is 2.58 bits per heavy atom. The molecule has 0 amide bonds. The lowest BCUT2D eigenvalue weighted by Gasteiger charge is -2.30. The lowest BCUT2D eigenvalue weighted by atomic mass is 9.94. The summed E-state index contributed by atoms with van der Waals surface area (Å²) in [7, 11) is 1.57. The lowest BCUT2D eigenvalue weighted by molar-refractivity contribution is -0.140. The van der Waals surface area contributed by atoms with Crippen molar-refractivity contribution in [3.63, 3.8) is 0 Å². The van der Waals surface area contributed by atoms with E-state index in [1.165, 1.54) is 0 Å². The molecule has 174 valence electrons. The van der Waals surface area contributed by atoms with Gasteiger partial charge in [-0.1, -0.05) is 18.2 Å². The molecule has 33 heavy (non-hydrogen) atoms. The van der Waals surface area contributed by atoms with Crippen LogP contribution >= 0.6 is 0 Å². The van der Waals surface area contributed by atoms with Gasteiger partial charge in [0.05, 0.1) is 42.5 Å². The van der Waals surface area contributed by atoms with Crippen LogP contribution in [0.3, 0.4) is 0 Å². The second kappa shape index (κ2) is 9.95. The van der Waals surface area contributed by atoms with E-state index in [1.54, 1.807) is 7.11 Å². The van der Waals surface area contributed by atoms with Gasteiger partial charge in [0.1, 0.15) is 6.61 Å². The van der Waals surface area contributed by atoms with E-state index in [1.807, 2.05) is 67.8 Å². The summed E-state index contributed by atoms with van der Waals surface area (Å²) >= 11 is 0. The monoisotopic (exact) mass is 451 g/mol. The van der Waals surface area contributed by atoms with Crippen LogP contribution in [0.2, 0.25) is 0 Å². The van der Waals surface area contributed by atoms with Gasteiger partial charge in [-0.2, -0.15) is 0 Å². The van der Waals surface area contributed by atoms with Crippen LogP contribution in [0.4, 0.5) is 5.95 Å². The molecule has 8 heteroatoms. The molecule has 2 aromatic carbocycles. The third kappa shape index (κ3) is 4.39. The van der Waals surface area contributed by atoms with E-state index in [-0.39, 0.29) is 6.61 Å². The third-order valence-electron chi connectivity index (χ3n) is 5.45. The average Bonchev–Trinajstić information content (AvgIpc) is 3.17. The van der Waals surface area contributed by atoms with Crippen molar-refractivity contribution >= 4 is 23.0 Å². The zero-order valence-electron chi connectivity index (χ0n) is 19.4. The molecular formula is C25H29N3O5. The van der Waals surface area contributed by atoms with Crippen molar-refractivity contribution in [1.29, 1.82) is 0 Å². The minimum Gasteiger partial charge on any atom is -0.490 e. The summed E-state index contributed by atoms with van der Waals surface area (Å²) in [6.45, 7) is 7.24. The van der Waals surface area contributed by atoms with Crippen LogP contribution in [0, 0.1) is 0 Å². The Morgan fingerprint density at radius 2 is 1.82 bits per heavy atom. The number of carbonyl (C=O) groups is 1. The first-order chi connectivity index (χ1) is 16.1. The number of para-hydroxylation sites is 2. The van der Waals surface area contributed by atoms with E-state index in [2.05, 4.69) is 5.32 Å². The van der Waals surface area contributed by atoms with Crippen molar-refractivity contribution in [1.82, 2.24) is 9.55 Å². The maximum absolute atomic E-state index is 13.2. The number of methoxy groups -OCH3 is 1. The van der Waals surface area contributed by atoms with Crippen LogP contribution in [0.25, 0.3) is 11.0 Å². The summed E-state index contributed by atoms with van der Waals surface area (Å²) in [4.78, 5) is 18.0. The van der Waals surface area contributed by atoms with Gasteiger partial charge in [-0.25, -0.2) is 9.78 Å². The van der Waals surface area contributed by atoms with Crippen molar-refractivity contribution in [2.24, 2.45) is 0 Å². The van der Waals surface area contributed by atoms with Crippen LogP contribution in [-0.4, -0.2) is 49.1 Å². The SMILES string of the molecule is CCOc1ccc(C2C(C(=O)OCCOC)=C(C)Nc3nc4ccccc4n32)cc1OCC. The first kappa shape index (κ1) is 22.7. The number of hydrogen-bond donors (Lipinski definition) is 1. The first-order valence-corrected chi connectivity index (χ1v) is 11.1. The van der Waals surface area contributed by atoms with E-state index in [4.69, 9.17) is 23.9 Å². The van der Waals surface area contributed by atoms with E-state index >= 15 is 0 Å². The predicted octanol–water partition coefficient (Wildman–Crippen LogP) is 4.31. The van der Waals surface area contributed by atoms with Crippen molar-refractivity contribution in [2.45, 2.75) is 26.8 Å². The van der Waals surface area contributed by atoms with Crippen LogP contribution in [-0.2, 0) is 14.3 Å².